The molecule has 7 heteroatoms. The minimum absolute atomic E-state index is 0.0848. The molecule has 2 rings (SSSR count). The molecule has 0 atom stereocenters. The molecule has 0 aliphatic carbocycles. The molecule has 1 aliphatic rings. The van der Waals surface area contributed by atoms with Crippen LogP contribution in [0.4, 0.5) is 4.39 Å². The van der Waals surface area contributed by atoms with Crippen LogP contribution in [0.2, 0.25) is 5.15 Å². The van der Waals surface area contributed by atoms with Gasteiger partial charge in [0, 0.05) is 13.1 Å². The number of carbonyl (C=O) groups excluding carboxylic acids is 1. The molecule has 1 saturated heterocycles. The molecule has 0 radical (unpaired) electrons. The van der Waals surface area contributed by atoms with Crippen LogP contribution in [0.1, 0.15) is 22.5 Å². The third-order valence-electron chi connectivity index (χ3n) is 3.25. The van der Waals surface area contributed by atoms with Gasteiger partial charge in [-0.15, -0.1) is 0 Å². The van der Waals surface area contributed by atoms with Crippen molar-refractivity contribution in [3.63, 3.8) is 0 Å². The van der Waals surface area contributed by atoms with E-state index in [-0.39, 0.29) is 16.4 Å². The molecule has 1 amide bonds. The van der Waals surface area contributed by atoms with Gasteiger partial charge in [-0.1, -0.05) is 11.6 Å². The Hall–Kier alpha value is -1.24. The Morgan fingerprint density at radius 3 is 2.85 bits per heavy atom. The van der Waals surface area contributed by atoms with Crippen LogP contribution in [0.3, 0.4) is 0 Å². The van der Waals surface area contributed by atoms with Crippen molar-refractivity contribution in [3.05, 3.63) is 28.3 Å². The number of primary amides is 1. The van der Waals surface area contributed by atoms with Crippen LogP contribution >= 0.6 is 11.6 Å². The van der Waals surface area contributed by atoms with Gasteiger partial charge in [0.2, 0.25) is 0 Å². The summed E-state index contributed by atoms with van der Waals surface area (Å²) in [6.45, 7) is 4.07. The highest BCUT2D eigenvalue weighted by Gasteiger charge is 2.16. The van der Waals surface area contributed by atoms with Gasteiger partial charge in [0.1, 0.15) is 5.15 Å². The van der Waals surface area contributed by atoms with Crippen molar-refractivity contribution in [2.45, 2.75) is 12.8 Å². The van der Waals surface area contributed by atoms with Crippen molar-refractivity contribution in [1.82, 2.24) is 9.88 Å². The van der Waals surface area contributed by atoms with Crippen molar-refractivity contribution in [2.24, 2.45) is 5.73 Å². The number of nitrogens with two attached hydrogens (primary N) is 1. The van der Waals surface area contributed by atoms with Gasteiger partial charge in [0.05, 0.1) is 24.5 Å². The third-order valence-corrected chi connectivity index (χ3v) is 3.45. The summed E-state index contributed by atoms with van der Waals surface area (Å²) in [5.41, 5.74) is 5.10. The van der Waals surface area contributed by atoms with Gasteiger partial charge >= 0.3 is 0 Å². The highest BCUT2D eigenvalue weighted by molar-refractivity contribution is 6.29. The summed E-state index contributed by atoms with van der Waals surface area (Å²) in [5.74, 6) is -1.50. The van der Waals surface area contributed by atoms with E-state index in [0.29, 0.717) is 6.42 Å². The van der Waals surface area contributed by atoms with Gasteiger partial charge < -0.3 is 10.5 Å². The maximum atomic E-state index is 14.0. The van der Waals surface area contributed by atoms with Gasteiger partial charge in [0.25, 0.3) is 5.91 Å². The topological polar surface area (TPSA) is 68.5 Å². The normalized spacial score (nSPS) is 16.3. The molecule has 2 heterocycles. The van der Waals surface area contributed by atoms with E-state index in [0.717, 1.165) is 45.3 Å². The van der Waals surface area contributed by atoms with E-state index in [9.17, 15) is 9.18 Å². The first-order chi connectivity index (χ1) is 9.58. The molecule has 0 unspecified atom stereocenters. The Labute approximate surface area is 121 Å². The van der Waals surface area contributed by atoms with Crippen molar-refractivity contribution in [3.8, 4) is 0 Å². The second-order valence-electron chi connectivity index (χ2n) is 4.68. The largest absolute Gasteiger partial charge is 0.379 e. The molecule has 2 N–H and O–H groups in total. The number of amides is 1. The standard InChI is InChI=1S/C13H17ClFN3O2/c14-11-8-9(13(16)19)12(15)10(17-11)2-1-3-18-4-6-20-7-5-18/h8H,1-7H2,(H2,16,19). The minimum atomic E-state index is -0.832. The molecular weight excluding hydrogens is 285 g/mol. The summed E-state index contributed by atoms with van der Waals surface area (Å²) >= 11 is 5.78. The lowest BCUT2D eigenvalue weighted by Gasteiger charge is -2.26. The van der Waals surface area contributed by atoms with Gasteiger partial charge in [-0.3, -0.25) is 9.69 Å². The number of aryl methyl sites for hydroxylation is 1. The van der Waals surface area contributed by atoms with Crippen LogP contribution in [0, 0.1) is 5.82 Å². The second-order valence-corrected chi connectivity index (χ2v) is 5.06. The molecule has 20 heavy (non-hydrogen) atoms. The number of ether oxygens (including phenoxy) is 1. The molecule has 0 aromatic carbocycles. The fraction of sp³-hybridized carbons (Fsp3) is 0.538. The zero-order valence-electron chi connectivity index (χ0n) is 11.1. The first-order valence-corrected chi connectivity index (χ1v) is 6.90. The number of nitrogens with zero attached hydrogens (tertiary/aromatic N) is 2. The summed E-state index contributed by atoms with van der Waals surface area (Å²) in [5, 5.41) is 0.0848. The van der Waals surface area contributed by atoms with Gasteiger partial charge in [-0.25, -0.2) is 9.37 Å². The lowest BCUT2D eigenvalue weighted by molar-refractivity contribution is 0.0374. The molecule has 1 aromatic rings. The predicted octanol–water partition coefficient (Wildman–Crippen LogP) is 1.24. The lowest BCUT2D eigenvalue weighted by Crippen LogP contribution is -2.37. The number of morpholine rings is 1. The van der Waals surface area contributed by atoms with Crippen molar-refractivity contribution in [1.29, 1.82) is 0 Å². The van der Waals surface area contributed by atoms with E-state index in [1.54, 1.807) is 0 Å². The van der Waals surface area contributed by atoms with E-state index in [4.69, 9.17) is 22.1 Å². The fourth-order valence-electron chi connectivity index (χ4n) is 2.19. The zero-order valence-corrected chi connectivity index (χ0v) is 11.8. The SMILES string of the molecule is NC(=O)c1cc(Cl)nc(CCCN2CCOCC2)c1F. The lowest BCUT2D eigenvalue weighted by atomic mass is 10.1. The maximum absolute atomic E-state index is 14.0. The Morgan fingerprint density at radius 2 is 2.20 bits per heavy atom. The maximum Gasteiger partial charge on any atom is 0.251 e. The summed E-state index contributed by atoms with van der Waals surface area (Å²) in [4.78, 5) is 17.3. The molecule has 0 saturated carbocycles. The van der Waals surface area contributed by atoms with E-state index in [1.165, 1.54) is 0 Å². The summed E-state index contributed by atoms with van der Waals surface area (Å²) in [7, 11) is 0. The van der Waals surface area contributed by atoms with Crippen molar-refractivity contribution in [2.75, 3.05) is 32.8 Å². The van der Waals surface area contributed by atoms with Crippen LogP contribution in [-0.4, -0.2) is 48.6 Å². The molecular formula is C13H17ClFN3O2. The van der Waals surface area contributed by atoms with Gasteiger partial charge in [0.15, 0.2) is 5.82 Å². The summed E-state index contributed by atoms with van der Waals surface area (Å²) < 4.78 is 19.3. The van der Waals surface area contributed by atoms with E-state index in [1.807, 2.05) is 0 Å². The first-order valence-electron chi connectivity index (χ1n) is 6.52. The van der Waals surface area contributed by atoms with Crippen LogP contribution in [0.25, 0.3) is 0 Å². The highest BCUT2D eigenvalue weighted by Crippen LogP contribution is 2.17. The summed E-state index contributed by atoms with van der Waals surface area (Å²) in [6.07, 6.45) is 1.16. The molecule has 1 aliphatic heterocycles. The van der Waals surface area contributed by atoms with Crippen LogP contribution < -0.4 is 5.73 Å². The Balaban J connectivity index is 1.96. The first kappa shape index (κ1) is 15.2. The summed E-state index contributed by atoms with van der Waals surface area (Å²) in [6, 6.07) is 1.16. The molecule has 110 valence electrons. The van der Waals surface area contributed by atoms with Gasteiger partial charge in [-0.05, 0) is 25.5 Å². The highest BCUT2D eigenvalue weighted by atomic mass is 35.5. The average Bonchev–Trinajstić information content (AvgIpc) is 2.43. The van der Waals surface area contributed by atoms with Crippen molar-refractivity contribution >= 4 is 17.5 Å². The predicted molar refractivity (Wildman–Crippen MR) is 73.3 cm³/mol. The smallest absolute Gasteiger partial charge is 0.251 e. The van der Waals surface area contributed by atoms with E-state index in [2.05, 4.69) is 9.88 Å². The number of hydrogen-bond donors (Lipinski definition) is 1. The number of halogens is 2. The fourth-order valence-corrected chi connectivity index (χ4v) is 2.40. The molecule has 0 spiro atoms. The van der Waals surface area contributed by atoms with Crippen LogP contribution in [-0.2, 0) is 11.2 Å². The van der Waals surface area contributed by atoms with E-state index < -0.39 is 11.7 Å². The Morgan fingerprint density at radius 1 is 1.50 bits per heavy atom. The molecule has 1 aromatic heterocycles. The average molecular weight is 302 g/mol. The Kier molecular flexibility index (Phi) is 5.28. The second kappa shape index (κ2) is 6.97. The molecule has 5 nitrogen and oxygen atoms in total. The number of pyridine rings is 1. The Bertz CT molecular complexity index is 493. The zero-order chi connectivity index (χ0) is 14.5. The van der Waals surface area contributed by atoms with Gasteiger partial charge in [-0.2, -0.15) is 0 Å². The third kappa shape index (κ3) is 3.88. The van der Waals surface area contributed by atoms with Crippen LogP contribution in [0.5, 0.6) is 0 Å². The molecule has 1 fully saturated rings. The number of carbonyl (C=O) groups is 1. The monoisotopic (exact) mass is 301 g/mol. The minimum Gasteiger partial charge on any atom is -0.379 e. The molecule has 0 bridgehead atoms. The number of aromatic nitrogens is 1. The van der Waals surface area contributed by atoms with Crippen molar-refractivity contribution < 1.29 is 13.9 Å². The quantitative estimate of drug-likeness (QED) is 0.831. The van der Waals surface area contributed by atoms with Crippen LogP contribution in [0.15, 0.2) is 6.07 Å². The number of rotatable bonds is 5. The van der Waals surface area contributed by atoms with E-state index >= 15 is 0 Å². The number of hydrogen-bond acceptors (Lipinski definition) is 4.